The Bertz CT molecular complexity index is 179. The fraction of sp³-hybridized carbons (Fsp3) is 1.00. The summed E-state index contributed by atoms with van der Waals surface area (Å²) >= 11 is 0. The minimum Gasteiger partial charge on any atom is -0.398 e. The molecule has 0 spiro atoms. The van der Waals surface area contributed by atoms with Gasteiger partial charge in [0.2, 0.25) is 0 Å². The average molecular weight is 250 g/mol. The third kappa shape index (κ3) is 6.57. The predicted octanol–water partition coefficient (Wildman–Crippen LogP) is 0.780. The molecule has 0 aliphatic heterocycles. The molecule has 0 aromatic heterocycles. The van der Waals surface area contributed by atoms with Crippen molar-refractivity contribution in [3.05, 3.63) is 0 Å². The Morgan fingerprint density at radius 3 is 2.19 bits per heavy atom. The largest absolute Gasteiger partial charge is 0.398 e. The second-order valence-electron chi connectivity index (χ2n) is 4.07. The van der Waals surface area contributed by atoms with Gasteiger partial charge in [-0.05, 0) is 25.9 Å². The van der Waals surface area contributed by atoms with E-state index < -0.39 is 8.56 Å². The van der Waals surface area contributed by atoms with E-state index in [0.29, 0.717) is 13.0 Å². The molecule has 2 unspecified atom stereocenters. The van der Waals surface area contributed by atoms with Gasteiger partial charge in [0.25, 0.3) is 0 Å². The smallest absolute Gasteiger partial charge is 0.334 e. The lowest BCUT2D eigenvalue weighted by atomic mass is 10.1. The second kappa shape index (κ2) is 8.16. The molecule has 6 heteroatoms. The van der Waals surface area contributed by atoms with Crippen LogP contribution in [0.5, 0.6) is 0 Å². The Balaban J connectivity index is 3.83. The molecule has 0 fully saturated rings. The van der Waals surface area contributed by atoms with Gasteiger partial charge in [-0.3, -0.25) is 0 Å². The lowest BCUT2D eigenvalue weighted by molar-refractivity contribution is 0.0563. The first-order valence-corrected chi connectivity index (χ1v) is 8.22. The molecule has 98 valence electrons. The van der Waals surface area contributed by atoms with E-state index in [0.717, 1.165) is 12.5 Å². The molecule has 4 N–H and O–H groups in total. The Morgan fingerprint density at radius 2 is 1.75 bits per heavy atom. The quantitative estimate of drug-likeness (QED) is 0.467. The average Bonchev–Trinajstić information content (AvgIpc) is 2.26. The van der Waals surface area contributed by atoms with Crippen LogP contribution in [0.3, 0.4) is 0 Å². The number of hydrogen-bond donors (Lipinski definition) is 2. The monoisotopic (exact) mass is 250 g/mol. The molecule has 0 radical (unpaired) electrons. The van der Waals surface area contributed by atoms with Gasteiger partial charge in [0, 0.05) is 33.3 Å². The van der Waals surface area contributed by atoms with Crippen molar-refractivity contribution in [3.8, 4) is 0 Å². The lowest BCUT2D eigenvalue weighted by Gasteiger charge is -2.25. The molecule has 0 saturated heterocycles. The zero-order valence-corrected chi connectivity index (χ0v) is 11.9. The van der Waals surface area contributed by atoms with Gasteiger partial charge < -0.3 is 25.1 Å². The Hall–Kier alpha value is 0.0169. The molecule has 0 bridgehead atoms. The molecule has 0 rings (SSSR count). The van der Waals surface area contributed by atoms with Crippen LogP contribution in [0.1, 0.15) is 19.8 Å². The number of rotatable bonds is 9. The summed E-state index contributed by atoms with van der Waals surface area (Å²) in [6.45, 7) is 4.57. The van der Waals surface area contributed by atoms with Gasteiger partial charge in [-0.2, -0.15) is 0 Å². The van der Waals surface area contributed by atoms with Gasteiger partial charge in [-0.15, -0.1) is 0 Å². The van der Waals surface area contributed by atoms with Crippen LogP contribution in [0, 0.1) is 0 Å². The third-order valence-electron chi connectivity index (χ3n) is 2.75. The Labute approximate surface area is 99.7 Å². The molecule has 0 saturated carbocycles. The van der Waals surface area contributed by atoms with Gasteiger partial charge in [0.1, 0.15) is 6.23 Å². The molecule has 2 atom stereocenters. The summed E-state index contributed by atoms with van der Waals surface area (Å²) in [4.78, 5) is 0. The van der Waals surface area contributed by atoms with E-state index in [4.69, 9.17) is 25.1 Å². The summed E-state index contributed by atoms with van der Waals surface area (Å²) in [7, 11) is 1.38. The maximum atomic E-state index is 5.97. The van der Waals surface area contributed by atoms with Crippen LogP contribution in [0.25, 0.3) is 0 Å². The van der Waals surface area contributed by atoms with Crippen LogP contribution in [0.2, 0.25) is 12.6 Å². The van der Waals surface area contributed by atoms with Gasteiger partial charge in [-0.1, -0.05) is 0 Å². The molecular weight excluding hydrogens is 224 g/mol. The SMILES string of the molecule is CCOC(N)CC(N)CC[Si](C)(OC)OC. The minimum absolute atomic E-state index is 0.0404. The van der Waals surface area contributed by atoms with Crippen molar-refractivity contribution < 1.29 is 13.6 Å². The fourth-order valence-electron chi connectivity index (χ4n) is 1.43. The number of hydrogen-bond acceptors (Lipinski definition) is 5. The molecule has 0 amide bonds. The summed E-state index contributed by atoms with van der Waals surface area (Å²) in [5.74, 6) is 0. The van der Waals surface area contributed by atoms with E-state index in [9.17, 15) is 0 Å². The van der Waals surface area contributed by atoms with Crippen LogP contribution in [0.4, 0.5) is 0 Å². The lowest BCUT2D eigenvalue weighted by Crippen LogP contribution is -2.39. The number of ether oxygens (including phenoxy) is 1. The van der Waals surface area contributed by atoms with Gasteiger partial charge >= 0.3 is 8.56 Å². The van der Waals surface area contributed by atoms with Crippen molar-refractivity contribution in [1.82, 2.24) is 0 Å². The first-order valence-electron chi connectivity index (χ1n) is 5.70. The van der Waals surface area contributed by atoms with Crippen LogP contribution >= 0.6 is 0 Å². The molecule has 16 heavy (non-hydrogen) atoms. The fourth-order valence-corrected chi connectivity index (χ4v) is 2.90. The zero-order valence-electron chi connectivity index (χ0n) is 10.9. The maximum Gasteiger partial charge on any atom is 0.334 e. The highest BCUT2D eigenvalue weighted by atomic mass is 28.4. The van der Waals surface area contributed by atoms with Crippen molar-refractivity contribution in [3.63, 3.8) is 0 Å². The summed E-state index contributed by atoms with van der Waals surface area (Å²) in [5.41, 5.74) is 11.7. The topological polar surface area (TPSA) is 79.7 Å². The van der Waals surface area contributed by atoms with Crippen molar-refractivity contribution in [2.45, 2.75) is 44.6 Å². The summed E-state index contributed by atoms with van der Waals surface area (Å²) in [6.07, 6.45) is 1.26. The standard InChI is InChI=1S/C10H26N2O3Si/c1-5-15-10(12)8-9(11)6-7-16(4,13-2)14-3/h9-10H,5-8,11-12H2,1-4H3. The molecule has 0 heterocycles. The molecular formula is C10H26N2O3Si. The zero-order chi connectivity index (χ0) is 12.6. The van der Waals surface area contributed by atoms with Crippen LogP contribution in [0.15, 0.2) is 0 Å². The van der Waals surface area contributed by atoms with Gasteiger partial charge in [0.05, 0.1) is 0 Å². The van der Waals surface area contributed by atoms with Crippen molar-refractivity contribution >= 4 is 8.56 Å². The maximum absolute atomic E-state index is 5.97. The van der Waals surface area contributed by atoms with E-state index in [1.54, 1.807) is 14.2 Å². The Kier molecular flexibility index (Phi) is 8.17. The van der Waals surface area contributed by atoms with Gasteiger partial charge in [0.15, 0.2) is 0 Å². The van der Waals surface area contributed by atoms with Crippen molar-refractivity contribution in [1.29, 1.82) is 0 Å². The van der Waals surface area contributed by atoms with Crippen LogP contribution in [-0.2, 0) is 13.6 Å². The molecule has 0 aromatic carbocycles. The van der Waals surface area contributed by atoms with Crippen LogP contribution < -0.4 is 11.5 Å². The highest BCUT2D eigenvalue weighted by Crippen LogP contribution is 2.16. The highest BCUT2D eigenvalue weighted by molar-refractivity contribution is 6.65. The molecule has 5 nitrogen and oxygen atoms in total. The van der Waals surface area contributed by atoms with E-state index in [1.807, 2.05) is 13.5 Å². The summed E-state index contributed by atoms with van der Waals surface area (Å²) in [6, 6.07) is 0.915. The van der Waals surface area contributed by atoms with Crippen molar-refractivity contribution in [2.75, 3.05) is 20.8 Å². The predicted molar refractivity (Wildman–Crippen MR) is 67.3 cm³/mol. The number of nitrogens with two attached hydrogens (primary N) is 2. The minimum atomic E-state index is -1.99. The van der Waals surface area contributed by atoms with E-state index >= 15 is 0 Å². The highest BCUT2D eigenvalue weighted by Gasteiger charge is 2.29. The first-order chi connectivity index (χ1) is 7.47. The van der Waals surface area contributed by atoms with Crippen LogP contribution in [-0.4, -0.2) is 41.7 Å². The molecule has 0 aliphatic rings. The van der Waals surface area contributed by atoms with Gasteiger partial charge in [-0.25, -0.2) is 0 Å². The Morgan fingerprint density at radius 1 is 1.19 bits per heavy atom. The molecule has 0 aliphatic carbocycles. The normalized spacial score (nSPS) is 16.1. The van der Waals surface area contributed by atoms with Crippen molar-refractivity contribution in [2.24, 2.45) is 11.5 Å². The summed E-state index contributed by atoms with van der Waals surface area (Å²) in [5, 5.41) is 0. The first kappa shape index (κ1) is 16.0. The molecule has 0 aromatic rings. The third-order valence-corrected chi connectivity index (χ3v) is 5.67. The summed E-state index contributed by atoms with van der Waals surface area (Å²) < 4.78 is 16.0. The second-order valence-corrected chi connectivity index (χ2v) is 7.65. The van der Waals surface area contributed by atoms with E-state index in [2.05, 4.69) is 0 Å². The van der Waals surface area contributed by atoms with E-state index in [-0.39, 0.29) is 12.3 Å². The van der Waals surface area contributed by atoms with E-state index in [1.165, 1.54) is 0 Å².